The number of aryl methyl sites for hydroxylation is 1. The molecule has 1 rings (SSSR count). The summed E-state index contributed by atoms with van der Waals surface area (Å²) in [5.74, 6) is -2.16. The molecule has 17 heavy (non-hydrogen) atoms. The zero-order valence-electron chi connectivity index (χ0n) is 8.78. The van der Waals surface area contributed by atoms with Gasteiger partial charge < -0.3 is 9.84 Å². The number of benzene rings is 1. The highest BCUT2D eigenvalue weighted by Gasteiger charge is 2.10. The molecule has 1 aromatic carbocycles. The average molecular weight is 246 g/mol. The molecule has 1 N–H and O–H groups in total. The van der Waals surface area contributed by atoms with E-state index in [-0.39, 0.29) is 16.9 Å². The van der Waals surface area contributed by atoms with E-state index in [1.54, 1.807) is 0 Å². The molecule has 0 aliphatic rings. The molecule has 0 fully saturated rings. The van der Waals surface area contributed by atoms with Crippen molar-refractivity contribution < 1.29 is 27.8 Å². The summed E-state index contributed by atoms with van der Waals surface area (Å²) in [4.78, 5) is 10.3. The van der Waals surface area contributed by atoms with Crippen LogP contribution in [0.2, 0.25) is 0 Å². The highest BCUT2D eigenvalue weighted by molar-refractivity contribution is 5.85. The number of ether oxygens (including phenoxy) is 1. The van der Waals surface area contributed by atoms with Crippen molar-refractivity contribution in [3.63, 3.8) is 0 Å². The Balaban J connectivity index is 3.10. The Morgan fingerprint density at radius 3 is 2.65 bits per heavy atom. The van der Waals surface area contributed by atoms with Crippen molar-refractivity contribution in [3.05, 3.63) is 35.2 Å². The van der Waals surface area contributed by atoms with Crippen molar-refractivity contribution in [2.24, 2.45) is 0 Å². The molecule has 0 amide bonds. The van der Waals surface area contributed by atoms with E-state index in [1.807, 2.05) is 0 Å². The van der Waals surface area contributed by atoms with Gasteiger partial charge in [0.15, 0.2) is 0 Å². The number of carboxylic acid groups (broad SMARTS) is 1. The van der Waals surface area contributed by atoms with Gasteiger partial charge in [0.2, 0.25) is 0 Å². The van der Waals surface area contributed by atoms with Crippen LogP contribution in [0, 0.1) is 12.7 Å². The third-order valence-electron chi connectivity index (χ3n) is 1.89. The molecule has 0 saturated carbocycles. The molecule has 3 nitrogen and oxygen atoms in total. The molecule has 0 unspecified atom stereocenters. The van der Waals surface area contributed by atoms with Gasteiger partial charge in [0.25, 0.3) is 0 Å². The van der Waals surface area contributed by atoms with Crippen LogP contribution in [0.5, 0.6) is 5.75 Å². The van der Waals surface area contributed by atoms with E-state index in [1.165, 1.54) is 6.92 Å². The molecule has 1 aromatic rings. The lowest BCUT2D eigenvalue weighted by Gasteiger charge is -2.08. The Morgan fingerprint density at radius 1 is 1.47 bits per heavy atom. The summed E-state index contributed by atoms with van der Waals surface area (Å²) in [5, 5.41) is 8.39. The van der Waals surface area contributed by atoms with Crippen LogP contribution < -0.4 is 4.74 Å². The van der Waals surface area contributed by atoms with E-state index >= 15 is 0 Å². The molecule has 0 saturated heterocycles. The summed E-state index contributed by atoms with van der Waals surface area (Å²) in [5.41, 5.74) is -0.0313. The first-order valence-corrected chi connectivity index (χ1v) is 4.56. The minimum atomic E-state index is -3.02. The van der Waals surface area contributed by atoms with E-state index < -0.39 is 18.4 Å². The zero-order chi connectivity index (χ0) is 13.0. The fourth-order valence-electron chi connectivity index (χ4n) is 1.22. The molecular weight excluding hydrogens is 237 g/mol. The number of alkyl halides is 2. The molecule has 0 bridgehead atoms. The van der Waals surface area contributed by atoms with Gasteiger partial charge in [-0.3, -0.25) is 0 Å². The Kier molecular flexibility index (Phi) is 4.14. The first-order valence-electron chi connectivity index (χ1n) is 4.56. The summed E-state index contributed by atoms with van der Waals surface area (Å²) >= 11 is 0. The second-order valence-corrected chi connectivity index (χ2v) is 3.19. The number of halogens is 3. The van der Waals surface area contributed by atoms with Crippen LogP contribution in [-0.4, -0.2) is 17.7 Å². The second kappa shape index (κ2) is 5.38. The van der Waals surface area contributed by atoms with Crippen LogP contribution in [0.3, 0.4) is 0 Å². The van der Waals surface area contributed by atoms with Gasteiger partial charge in [0, 0.05) is 11.6 Å². The van der Waals surface area contributed by atoms with Crippen LogP contribution >= 0.6 is 0 Å². The number of hydrogen-bond acceptors (Lipinski definition) is 2. The number of hydrogen-bond donors (Lipinski definition) is 1. The maximum atomic E-state index is 13.5. The minimum absolute atomic E-state index is 0.0909. The minimum Gasteiger partial charge on any atom is -0.478 e. The van der Waals surface area contributed by atoms with Crippen LogP contribution in [0.4, 0.5) is 13.2 Å². The van der Waals surface area contributed by atoms with E-state index in [0.717, 1.165) is 18.2 Å². The SMILES string of the molecule is Cc1cc(OC(F)F)cc(/C=C/C(=O)O)c1F. The third kappa shape index (κ3) is 3.82. The van der Waals surface area contributed by atoms with E-state index in [9.17, 15) is 18.0 Å². The van der Waals surface area contributed by atoms with E-state index in [2.05, 4.69) is 4.74 Å². The predicted octanol–water partition coefficient (Wildman–Crippen LogP) is 2.83. The van der Waals surface area contributed by atoms with E-state index in [0.29, 0.717) is 6.08 Å². The van der Waals surface area contributed by atoms with Gasteiger partial charge in [-0.15, -0.1) is 0 Å². The summed E-state index contributed by atoms with van der Waals surface area (Å²) in [6.45, 7) is -1.65. The normalized spacial score (nSPS) is 11.1. The standard InChI is InChI=1S/C11H9F3O3/c1-6-4-8(17-11(13)14)5-7(10(6)12)2-3-9(15)16/h2-5,11H,1H3,(H,15,16)/b3-2+. The molecule has 0 heterocycles. The molecule has 0 aliphatic heterocycles. The number of rotatable bonds is 4. The van der Waals surface area contributed by atoms with Crippen molar-refractivity contribution in [3.8, 4) is 5.75 Å². The molecule has 92 valence electrons. The first kappa shape index (κ1) is 13.1. The van der Waals surface area contributed by atoms with Crippen molar-refractivity contribution >= 4 is 12.0 Å². The zero-order valence-corrected chi connectivity index (χ0v) is 8.78. The quantitative estimate of drug-likeness (QED) is 0.831. The average Bonchev–Trinajstić information content (AvgIpc) is 2.20. The largest absolute Gasteiger partial charge is 0.478 e. The molecule has 6 heteroatoms. The smallest absolute Gasteiger partial charge is 0.387 e. The summed E-state index contributed by atoms with van der Waals surface area (Å²) in [6.07, 6.45) is 1.69. The first-order chi connectivity index (χ1) is 7.90. The summed E-state index contributed by atoms with van der Waals surface area (Å²) < 4.78 is 41.5. The number of aliphatic carboxylic acids is 1. The molecular formula is C11H9F3O3. The van der Waals surface area contributed by atoms with Gasteiger partial charge in [-0.2, -0.15) is 8.78 Å². The van der Waals surface area contributed by atoms with Crippen molar-refractivity contribution in [2.75, 3.05) is 0 Å². The maximum Gasteiger partial charge on any atom is 0.387 e. The van der Waals surface area contributed by atoms with E-state index in [4.69, 9.17) is 5.11 Å². The topological polar surface area (TPSA) is 46.5 Å². The third-order valence-corrected chi connectivity index (χ3v) is 1.89. The van der Waals surface area contributed by atoms with Gasteiger partial charge in [-0.05, 0) is 30.7 Å². The molecule has 0 atom stereocenters. The van der Waals surface area contributed by atoms with Crippen molar-refractivity contribution in [2.45, 2.75) is 13.5 Å². The van der Waals surface area contributed by atoms with Gasteiger partial charge in [-0.25, -0.2) is 9.18 Å². The lowest BCUT2D eigenvalue weighted by atomic mass is 10.1. The Hall–Kier alpha value is -1.98. The van der Waals surface area contributed by atoms with Gasteiger partial charge >= 0.3 is 12.6 Å². The van der Waals surface area contributed by atoms with Crippen LogP contribution in [-0.2, 0) is 4.79 Å². The van der Waals surface area contributed by atoms with Crippen LogP contribution in [0.1, 0.15) is 11.1 Å². The lowest BCUT2D eigenvalue weighted by Crippen LogP contribution is -2.03. The predicted molar refractivity (Wildman–Crippen MR) is 54.4 cm³/mol. The highest BCUT2D eigenvalue weighted by Crippen LogP contribution is 2.23. The van der Waals surface area contributed by atoms with Gasteiger partial charge in [-0.1, -0.05) is 0 Å². The molecule has 0 aliphatic carbocycles. The molecule has 0 radical (unpaired) electrons. The van der Waals surface area contributed by atoms with Crippen LogP contribution in [0.25, 0.3) is 6.08 Å². The number of carboxylic acids is 1. The molecule has 0 spiro atoms. The monoisotopic (exact) mass is 246 g/mol. The van der Waals surface area contributed by atoms with Crippen molar-refractivity contribution in [1.82, 2.24) is 0 Å². The summed E-state index contributed by atoms with van der Waals surface area (Å²) in [6, 6.07) is 2.12. The highest BCUT2D eigenvalue weighted by atomic mass is 19.3. The van der Waals surface area contributed by atoms with Gasteiger partial charge in [0.05, 0.1) is 0 Å². The Morgan fingerprint density at radius 2 is 2.12 bits per heavy atom. The molecule has 0 aromatic heterocycles. The fourth-order valence-corrected chi connectivity index (χ4v) is 1.22. The Labute approximate surface area is 95.1 Å². The van der Waals surface area contributed by atoms with Gasteiger partial charge in [0.1, 0.15) is 11.6 Å². The number of carbonyl (C=O) groups is 1. The second-order valence-electron chi connectivity index (χ2n) is 3.19. The Bertz CT molecular complexity index is 456. The maximum absolute atomic E-state index is 13.5. The lowest BCUT2D eigenvalue weighted by molar-refractivity contribution is -0.131. The van der Waals surface area contributed by atoms with Crippen LogP contribution in [0.15, 0.2) is 18.2 Å². The fraction of sp³-hybridized carbons (Fsp3) is 0.182. The van der Waals surface area contributed by atoms with Crippen molar-refractivity contribution in [1.29, 1.82) is 0 Å². The summed E-state index contributed by atoms with van der Waals surface area (Å²) in [7, 11) is 0.